The van der Waals surface area contributed by atoms with Crippen LogP contribution in [0.25, 0.3) is 5.69 Å². The molecule has 1 atom stereocenters. The van der Waals surface area contributed by atoms with Gasteiger partial charge in [0.15, 0.2) is 4.87 Å². The summed E-state index contributed by atoms with van der Waals surface area (Å²) < 4.78 is 1.01. The maximum absolute atomic E-state index is 12.1. The van der Waals surface area contributed by atoms with Gasteiger partial charge in [0.25, 0.3) is 5.56 Å². The molecule has 2 aromatic carbocycles. The Morgan fingerprint density at radius 1 is 1.04 bits per heavy atom. The number of carbonyl (C=O) groups excluding carboxylic acids is 1. The van der Waals surface area contributed by atoms with Crippen LogP contribution in [0.3, 0.4) is 0 Å². The van der Waals surface area contributed by atoms with Crippen molar-refractivity contribution in [1.29, 1.82) is 0 Å². The van der Waals surface area contributed by atoms with Crippen LogP contribution in [0.4, 0.5) is 0 Å². The van der Waals surface area contributed by atoms with Crippen molar-refractivity contribution in [2.75, 3.05) is 0 Å². The highest BCUT2D eigenvalue weighted by molar-refractivity contribution is 6.37. The third-order valence-electron chi connectivity index (χ3n) is 3.80. The number of aromatic amines is 1. The molecule has 7 nitrogen and oxygen atoms in total. The monoisotopic (exact) mass is 390 g/mol. The van der Waals surface area contributed by atoms with Gasteiger partial charge >= 0.3 is 5.69 Å². The first-order valence-electron chi connectivity index (χ1n) is 7.37. The standard InChI is InChI=1S/C17H12Cl2N4O3/c18-12-5-1-10(2-6-12)17(19,15(20)25)11-3-7-13(8-4-11)23-16(26)22-14(24)9-21-23/h1-9H,(H2,20,25)(H,22,24,26). The molecule has 1 heterocycles. The number of aromatic nitrogens is 3. The molecular formula is C17H12Cl2N4O3. The third-order valence-corrected chi connectivity index (χ3v) is 4.68. The van der Waals surface area contributed by atoms with E-state index in [0.717, 1.165) is 10.9 Å². The molecule has 1 unspecified atom stereocenters. The predicted molar refractivity (Wildman–Crippen MR) is 97.7 cm³/mol. The highest BCUT2D eigenvalue weighted by Gasteiger charge is 2.38. The molecule has 1 aromatic heterocycles. The molecule has 0 spiro atoms. The Bertz CT molecular complexity index is 1070. The third kappa shape index (κ3) is 3.14. The average Bonchev–Trinajstić information content (AvgIpc) is 2.62. The summed E-state index contributed by atoms with van der Waals surface area (Å²) in [6.45, 7) is 0. The molecule has 26 heavy (non-hydrogen) atoms. The Labute approximate surface area is 157 Å². The Morgan fingerprint density at radius 3 is 2.08 bits per heavy atom. The summed E-state index contributed by atoms with van der Waals surface area (Å²) in [4.78, 5) is 35.5. The summed E-state index contributed by atoms with van der Waals surface area (Å²) in [5, 5.41) is 4.26. The van der Waals surface area contributed by atoms with Crippen LogP contribution >= 0.6 is 23.2 Å². The number of carbonyl (C=O) groups is 1. The molecule has 0 aliphatic heterocycles. The van der Waals surface area contributed by atoms with E-state index in [4.69, 9.17) is 28.9 Å². The first-order valence-corrected chi connectivity index (χ1v) is 8.12. The van der Waals surface area contributed by atoms with Gasteiger partial charge in [-0.05, 0) is 35.4 Å². The lowest BCUT2D eigenvalue weighted by atomic mass is 9.89. The minimum absolute atomic E-state index is 0.384. The van der Waals surface area contributed by atoms with Crippen molar-refractivity contribution in [2.45, 2.75) is 4.87 Å². The topological polar surface area (TPSA) is 111 Å². The number of amides is 1. The van der Waals surface area contributed by atoms with Crippen LogP contribution in [0.5, 0.6) is 0 Å². The molecule has 0 saturated heterocycles. The normalized spacial score (nSPS) is 13.2. The van der Waals surface area contributed by atoms with Gasteiger partial charge in [-0.3, -0.25) is 14.6 Å². The molecule has 3 aromatic rings. The molecule has 0 aliphatic rings. The molecule has 0 fully saturated rings. The van der Waals surface area contributed by atoms with E-state index in [0.29, 0.717) is 21.8 Å². The molecule has 0 saturated carbocycles. The Hall–Kier alpha value is -2.90. The van der Waals surface area contributed by atoms with E-state index in [1.165, 1.54) is 12.1 Å². The summed E-state index contributed by atoms with van der Waals surface area (Å²) >= 11 is 12.5. The molecule has 0 bridgehead atoms. The number of alkyl halides is 1. The van der Waals surface area contributed by atoms with Crippen molar-refractivity contribution in [2.24, 2.45) is 5.73 Å². The van der Waals surface area contributed by atoms with E-state index in [1.807, 2.05) is 0 Å². The summed E-state index contributed by atoms with van der Waals surface area (Å²) in [7, 11) is 0. The van der Waals surface area contributed by atoms with Gasteiger partial charge in [0.1, 0.15) is 6.20 Å². The molecule has 9 heteroatoms. The lowest BCUT2D eigenvalue weighted by molar-refractivity contribution is -0.119. The number of nitrogens with one attached hydrogen (secondary N) is 1. The van der Waals surface area contributed by atoms with Gasteiger partial charge in [0, 0.05) is 5.02 Å². The van der Waals surface area contributed by atoms with Crippen molar-refractivity contribution in [3.63, 3.8) is 0 Å². The zero-order valence-corrected chi connectivity index (χ0v) is 14.7. The number of hydrogen-bond acceptors (Lipinski definition) is 4. The maximum atomic E-state index is 12.1. The molecule has 132 valence electrons. The Balaban J connectivity index is 2.07. The number of H-pyrrole nitrogens is 1. The first-order chi connectivity index (χ1) is 12.3. The predicted octanol–water partition coefficient (Wildman–Crippen LogP) is 1.54. The Morgan fingerprint density at radius 2 is 1.58 bits per heavy atom. The number of rotatable bonds is 4. The van der Waals surface area contributed by atoms with Crippen LogP contribution < -0.4 is 17.0 Å². The average molecular weight is 391 g/mol. The number of halogens is 2. The van der Waals surface area contributed by atoms with Crippen molar-refractivity contribution >= 4 is 29.1 Å². The maximum Gasteiger partial charge on any atom is 0.349 e. The van der Waals surface area contributed by atoms with Crippen LogP contribution in [-0.4, -0.2) is 20.7 Å². The fourth-order valence-electron chi connectivity index (χ4n) is 2.50. The number of nitrogens with two attached hydrogens (primary N) is 1. The smallest absolute Gasteiger partial charge is 0.349 e. The second kappa shape index (κ2) is 6.78. The number of nitrogens with zero attached hydrogens (tertiary/aromatic N) is 2. The molecule has 0 radical (unpaired) electrons. The van der Waals surface area contributed by atoms with Gasteiger partial charge in [-0.2, -0.15) is 9.78 Å². The van der Waals surface area contributed by atoms with Crippen molar-refractivity contribution < 1.29 is 4.79 Å². The zero-order valence-electron chi connectivity index (χ0n) is 13.1. The van der Waals surface area contributed by atoms with Crippen LogP contribution in [0.15, 0.2) is 64.3 Å². The highest BCUT2D eigenvalue weighted by atomic mass is 35.5. The second-order valence-electron chi connectivity index (χ2n) is 5.43. The van der Waals surface area contributed by atoms with E-state index in [2.05, 4.69) is 10.1 Å². The van der Waals surface area contributed by atoms with E-state index < -0.39 is 22.0 Å². The van der Waals surface area contributed by atoms with E-state index in [1.54, 1.807) is 36.4 Å². The van der Waals surface area contributed by atoms with Gasteiger partial charge in [0.05, 0.1) is 5.69 Å². The summed E-state index contributed by atoms with van der Waals surface area (Å²) in [5.74, 6) is -0.756. The number of benzene rings is 2. The van der Waals surface area contributed by atoms with Gasteiger partial charge in [-0.15, -0.1) is 0 Å². The van der Waals surface area contributed by atoms with Gasteiger partial charge in [-0.1, -0.05) is 47.5 Å². The van der Waals surface area contributed by atoms with Crippen molar-refractivity contribution in [1.82, 2.24) is 14.8 Å². The fraction of sp³-hybridized carbons (Fsp3) is 0.0588. The quantitative estimate of drug-likeness (QED) is 0.658. The minimum Gasteiger partial charge on any atom is -0.368 e. The van der Waals surface area contributed by atoms with Gasteiger partial charge in [0.2, 0.25) is 5.91 Å². The lowest BCUT2D eigenvalue weighted by Crippen LogP contribution is -2.37. The zero-order chi connectivity index (χ0) is 18.9. The van der Waals surface area contributed by atoms with Crippen molar-refractivity contribution in [3.05, 3.63) is 91.7 Å². The largest absolute Gasteiger partial charge is 0.368 e. The van der Waals surface area contributed by atoms with Crippen LogP contribution in [0.2, 0.25) is 5.02 Å². The van der Waals surface area contributed by atoms with E-state index in [9.17, 15) is 14.4 Å². The molecular weight excluding hydrogens is 379 g/mol. The summed E-state index contributed by atoms with van der Waals surface area (Å²) in [6, 6.07) is 12.6. The van der Waals surface area contributed by atoms with Crippen LogP contribution in [0, 0.1) is 0 Å². The molecule has 3 rings (SSSR count). The molecule has 0 aliphatic carbocycles. The van der Waals surface area contributed by atoms with E-state index in [-0.39, 0.29) is 0 Å². The first kappa shape index (κ1) is 17.9. The van der Waals surface area contributed by atoms with Gasteiger partial charge < -0.3 is 5.73 Å². The van der Waals surface area contributed by atoms with E-state index >= 15 is 0 Å². The molecule has 3 N–H and O–H groups in total. The molecule has 1 amide bonds. The van der Waals surface area contributed by atoms with Crippen LogP contribution in [0.1, 0.15) is 11.1 Å². The summed E-state index contributed by atoms with van der Waals surface area (Å²) in [5.41, 5.74) is 5.53. The summed E-state index contributed by atoms with van der Waals surface area (Å²) in [6.07, 6.45) is 0.984. The van der Waals surface area contributed by atoms with Crippen LogP contribution in [-0.2, 0) is 9.67 Å². The minimum atomic E-state index is -1.60. The number of primary amides is 1. The highest BCUT2D eigenvalue weighted by Crippen LogP contribution is 2.37. The lowest BCUT2D eigenvalue weighted by Gasteiger charge is -2.25. The van der Waals surface area contributed by atoms with Crippen molar-refractivity contribution in [3.8, 4) is 5.69 Å². The second-order valence-corrected chi connectivity index (χ2v) is 6.43. The fourth-order valence-corrected chi connectivity index (χ4v) is 2.88. The SMILES string of the molecule is NC(=O)C(Cl)(c1ccc(Cl)cc1)c1ccc(-n2ncc(=O)[nH]c2=O)cc1. The number of hydrogen-bond donors (Lipinski definition) is 2. The Kier molecular flexibility index (Phi) is 4.67. The van der Waals surface area contributed by atoms with Gasteiger partial charge in [-0.25, -0.2) is 4.79 Å².